The van der Waals surface area contributed by atoms with Crippen LogP contribution in [0.1, 0.15) is 36.2 Å². The number of carbonyl (C=O) groups excluding carboxylic acids is 2. The molecule has 1 aliphatic carbocycles. The molecule has 7 nitrogen and oxygen atoms in total. The van der Waals surface area contributed by atoms with Gasteiger partial charge in [-0.25, -0.2) is 13.4 Å². The van der Waals surface area contributed by atoms with Gasteiger partial charge in [0.15, 0.2) is 0 Å². The number of rotatable bonds is 5. The van der Waals surface area contributed by atoms with Crippen LogP contribution in [0.2, 0.25) is 0 Å². The van der Waals surface area contributed by atoms with Gasteiger partial charge in [-0.3, -0.25) is 9.59 Å². The summed E-state index contributed by atoms with van der Waals surface area (Å²) in [6, 6.07) is 3.12. The molecule has 2 aromatic rings. The van der Waals surface area contributed by atoms with E-state index in [2.05, 4.69) is 14.9 Å². The molecule has 164 valence electrons. The maximum atomic E-state index is 13.7. The van der Waals surface area contributed by atoms with Crippen molar-refractivity contribution in [3.05, 3.63) is 52.9 Å². The van der Waals surface area contributed by atoms with Crippen LogP contribution in [0.4, 0.5) is 8.78 Å². The van der Waals surface area contributed by atoms with E-state index in [9.17, 15) is 18.4 Å². The molecule has 2 fully saturated rings. The van der Waals surface area contributed by atoms with E-state index >= 15 is 0 Å². The summed E-state index contributed by atoms with van der Waals surface area (Å²) < 4.78 is 31.7. The van der Waals surface area contributed by atoms with Crippen LogP contribution in [0, 0.1) is 29.9 Å². The van der Waals surface area contributed by atoms with E-state index in [4.69, 9.17) is 0 Å². The van der Waals surface area contributed by atoms with Crippen molar-refractivity contribution in [2.75, 3.05) is 20.1 Å². The summed E-state index contributed by atoms with van der Waals surface area (Å²) in [4.78, 5) is 28.6. The maximum absolute atomic E-state index is 13.7. The third-order valence-electron chi connectivity index (χ3n) is 6.43. The molecular weight excluding hydrogens is 406 g/mol. The number of carbonyl (C=O) groups is 2. The van der Waals surface area contributed by atoms with Crippen molar-refractivity contribution in [3.63, 3.8) is 0 Å². The average Bonchev–Trinajstić information content (AvgIpc) is 3.30. The first-order valence-corrected chi connectivity index (χ1v) is 10.2. The van der Waals surface area contributed by atoms with Crippen molar-refractivity contribution in [2.24, 2.45) is 11.3 Å². The highest BCUT2D eigenvalue weighted by atomic mass is 19.1. The molecule has 1 atom stereocenters. The van der Waals surface area contributed by atoms with E-state index in [1.165, 1.54) is 12.2 Å². The van der Waals surface area contributed by atoms with E-state index < -0.39 is 11.6 Å². The summed E-state index contributed by atoms with van der Waals surface area (Å²) >= 11 is 0. The standard InChI is InChI=1S/C22H24F2N4O3/c1-14-19(26-31-25-14)13-27(2)21(30)17-12-22(17)7-9-28(10-8-22)20(29)6-3-15-11-16(23)4-5-18(15)24/h3-6,11,17H,7-10,12-13H2,1-2H3. The predicted molar refractivity (Wildman–Crippen MR) is 107 cm³/mol. The number of benzene rings is 1. The molecule has 31 heavy (non-hydrogen) atoms. The quantitative estimate of drug-likeness (QED) is 0.682. The zero-order chi connectivity index (χ0) is 22.2. The number of aromatic nitrogens is 2. The highest BCUT2D eigenvalue weighted by Gasteiger charge is 2.59. The maximum Gasteiger partial charge on any atom is 0.246 e. The van der Waals surface area contributed by atoms with E-state index in [1.54, 1.807) is 23.8 Å². The molecule has 4 rings (SSSR count). The SMILES string of the molecule is Cc1nonc1CN(C)C(=O)C1CC12CCN(C(=O)C=Cc1cc(F)ccc1F)CC2. The Balaban J connectivity index is 1.30. The highest BCUT2D eigenvalue weighted by molar-refractivity contribution is 5.92. The normalized spacial score (nSPS) is 19.7. The molecule has 1 aromatic carbocycles. The van der Waals surface area contributed by atoms with Gasteiger partial charge in [0.1, 0.15) is 23.0 Å². The van der Waals surface area contributed by atoms with Gasteiger partial charge in [0, 0.05) is 37.7 Å². The van der Waals surface area contributed by atoms with Crippen LogP contribution in [0.15, 0.2) is 28.9 Å². The number of hydrogen-bond acceptors (Lipinski definition) is 5. The summed E-state index contributed by atoms with van der Waals surface area (Å²) in [6.07, 6.45) is 4.88. The van der Waals surface area contributed by atoms with Crippen LogP contribution >= 0.6 is 0 Å². The summed E-state index contributed by atoms with van der Waals surface area (Å²) in [7, 11) is 1.75. The molecule has 2 heterocycles. The molecule has 2 aliphatic rings. The van der Waals surface area contributed by atoms with E-state index in [0.29, 0.717) is 31.0 Å². The first-order chi connectivity index (χ1) is 14.8. The lowest BCUT2D eigenvalue weighted by atomic mass is 9.90. The lowest BCUT2D eigenvalue weighted by molar-refractivity contribution is -0.133. The fraction of sp³-hybridized carbons (Fsp3) is 0.455. The van der Waals surface area contributed by atoms with Gasteiger partial charge in [0.25, 0.3) is 0 Å². The second-order valence-corrected chi connectivity index (χ2v) is 8.43. The van der Waals surface area contributed by atoms with Crippen LogP contribution < -0.4 is 0 Å². The first kappa shape index (κ1) is 21.1. The third kappa shape index (κ3) is 4.35. The van der Waals surface area contributed by atoms with Gasteiger partial charge < -0.3 is 9.80 Å². The number of likely N-dealkylation sites (tertiary alicyclic amines) is 1. The van der Waals surface area contributed by atoms with Gasteiger partial charge in [-0.15, -0.1) is 0 Å². The Morgan fingerprint density at radius 3 is 2.71 bits per heavy atom. The van der Waals surface area contributed by atoms with Crippen LogP contribution in [-0.2, 0) is 16.1 Å². The Labute approximate surface area is 178 Å². The number of hydrogen-bond donors (Lipinski definition) is 0. The molecule has 9 heteroatoms. The third-order valence-corrected chi connectivity index (χ3v) is 6.43. The largest absolute Gasteiger partial charge is 0.339 e. The minimum Gasteiger partial charge on any atom is -0.339 e. The monoisotopic (exact) mass is 430 g/mol. The zero-order valence-corrected chi connectivity index (χ0v) is 17.5. The summed E-state index contributed by atoms with van der Waals surface area (Å²) in [5.74, 6) is -1.36. The summed E-state index contributed by atoms with van der Waals surface area (Å²) in [5.41, 5.74) is 1.29. The van der Waals surface area contributed by atoms with Crippen molar-refractivity contribution in [3.8, 4) is 0 Å². The number of amides is 2. The number of nitrogens with zero attached hydrogens (tertiary/aromatic N) is 4. The molecular formula is C22H24F2N4O3. The second-order valence-electron chi connectivity index (χ2n) is 8.43. The molecule has 2 amide bonds. The van der Waals surface area contributed by atoms with Crippen LogP contribution in [0.5, 0.6) is 0 Å². The Morgan fingerprint density at radius 2 is 2.03 bits per heavy atom. The fourth-order valence-corrected chi connectivity index (χ4v) is 4.29. The van der Waals surface area contributed by atoms with Crippen LogP contribution in [0.3, 0.4) is 0 Å². The first-order valence-electron chi connectivity index (χ1n) is 10.2. The average molecular weight is 430 g/mol. The van der Waals surface area contributed by atoms with Crippen LogP contribution in [0.25, 0.3) is 6.08 Å². The highest BCUT2D eigenvalue weighted by Crippen LogP contribution is 2.60. The van der Waals surface area contributed by atoms with Gasteiger partial charge in [0.2, 0.25) is 11.8 Å². The predicted octanol–water partition coefficient (Wildman–Crippen LogP) is 2.96. The topological polar surface area (TPSA) is 79.5 Å². The molecule has 0 radical (unpaired) electrons. The van der Waals surface area contributed by atoms with Crippen LogP contribution in [-0.4, -0.2) is 52.1 Å². The lowest BCUT2D eigenvalue weighted by Crippen LogP contribution is -2.40. The Kier molecular flexibility index (Phi) is 5.60. The van der Waals surface area contributed by atoms with Crippen molar-refractivity contribution in [2.45, 2.75) is 32.7 Å². The van der Waals surface area contributed by atoms with Gasteiger partial charge in [-0.05, 0) is 55.9 Å². The van der Waals surface area contributed by atoms with E-state index in [-0.39, 0.29) is 28.7 Å². The van der Waals surface area contributed by atoms with Crippen molar-refractivity contribution in [1.29, 1.82) is 0 Å². The van der Waals surface area contributed by atoms with Crippen molar-refractivity contribution < 1.29 is 23.0 Å². The molecule has 1 saturated heterocycles. The molecule has 0 bridgehead atoms. The summed E-state index contributed by atoms with van der Waals surface area (Å²) in [6.45, 7) is 3.21. The Morgan fingerprint density at radius 1 is 1.29 bits per heavy atom. The molecule has 1 saturated carbocycles. The Hall–Kier alpha value is -3.10. The van der Waals surface area contributed by atoms with Gasteiger partial charge >= 0.3 is 0 Å². The minimum absolute atomic E-state index is 0.0373. The lowest BCUT2D eigenvalue weighted by Gasteiger charge is -2.32. The fourth-order valence-electron chi connectivity index (χ4n) is 4.29. The molecule has 1 spiro atoms. The number of halogens is 2. The minimum atomic E-state index is -0.580. The van der Waals surface area contributed by atoms with Crippen molar-refractivity contribution >= 4 is 17.9 Å². The smallest absolute Gasteiger partial charge is 0.246 e. The molecule has 0 N–H and O–H groups in total. The molecule has 1 aromatic heterocycles. The number of aryl methyl sites for hydroxylation is 1. The second kappa shape index (κ2) is 8.20. The van der Waals surface area contributed by atoms with Gasteiger partial charge in [0.05, 0.1) is 6.54 Å². The Bertz CT molecular complexity index is 1030. The van der Waals surface area contributed by atoms with E-state index in [0.717, 1.165) is 37.5 Å². The summed E-state index contributed by atoms with van der Waals surface area (Å²) in [5, 5.41) is 7.56. The van der Waals surface area contributed by atoms with Gasteiger partial charge in [-0.1, -0.05) is 10.3 Å². The number of piperidine rings is 1. The van der Waals surface area contributed by atoms with Crippen molar-refractivity contribution in [1.82, 2.24) is 20.1 Å². The molecule has 1 unspecified atom stereocenters. The van der Waals surface area contributed by atoms with Gasteiger partial charge in [-0.2, -0.15) is 0 Å². The molecule has 1 aliphatic heterocycles. The zero-order valence-electron chi connectivity index (χ0n) is 17.5. The van der Waals surface area contributed by atoms with E-state index in [1.807, 2.05) is 0 Å².